The van der Waals surface area contributed by atoms with Gasteiger partial charge in [0, 0.05) is 23.5 Å². The number of rotatable bonds is 6. The summed E-state index contributed by atoms with van der Waals surface area (Å²) in [6, 6.07) is 0.826. The van der Waals surface area contributed by atoms with E-state index in [4.69, 9.17) is 11.6 Å². The highest BCUT2D eigenvalue weighted by atomic mass is 79.9. The van der Waals surface area contributed by atoms with Crippen molar-refractivity contribution in [1.82, 2.24) is 4.90 Å². The maximum atomic E-state index is 5.53. The Kier molecular flexibility index (Phi) is 6.09. The second-order valence-corrected chi connectivity index (χ2v) is 4.53. The molecule has 76 valence electrons. The lowest BCUT2D eigenvalue weighted by Gasteiger charge is -2.36. The molecule has 1 aliphatic carbocycles. The van der Waals surface area contributed by atoms with Crippen LogP contribution in [-0.2, 0) is 0 Å². The van der Waals surface area contributed by atoms with E-state index in [9.17, 15) is 0 Å². The molecule has 0 aromatic rings. The summed E-state index contributed by atoms with van der Waals surface area (Å²) in [6.45, 7) is 2.21. The fraction of sp³-hybridized carbons (Fsp3) is 0.800. The van der Waals surface area contributed by atoms with Gasteiger partial charge >= 0.3 is 0 Å². The molecule has 0 aromatic heterocycles. The van der Waals surface area contributed by atoms with Gasteiger partial charge in [-0.25, -0.2) is 0 Å². The number of alkyl halides is 1. The third kappa shape index (κ3) is 4.01. The first kappa shape index (κ1) is 11.5. The molecule has 3 heteroatoms. The van der Waals surface area contributed by atoms with E-state index in [1.165, 1.54) is 32.2 Å². The van der Waals surface area contributed by atoms with Crippen LogP contribution < -0.4 is 0 Å². The molecule has 0 spiro atoms. The lowest BCUT2D eigenvalue weighted by Crippen LogP contribution is -2.40. The largest absolute Gasteiger partial charge is 0.297 e. The van der Waals surface area contributed by atoms with Crippen molar-refractivity contribution in [2.24, 2.45) is 0 Å². The molecule has 1 nitrogen and oxygen atoms in total. The van der Waals surface area contributed by atoms with Crippen LogP contribution in [0.1, 0.15) is 25.7 Å². The zero-order chi connectivity index (χ0) is 9.52. The molecular weight excluding hydrogens is 249 g/mol. The first-order chi connectivity index (χ1) is 6.38. The van der Waals surface area contributed by atoms with Gasteiger partial charge in [0.25, 0.3) is 0 Å². The van der Waals surface area contributed by atoms with Crippen molar-refractivity contribution < 1.29 is 0 Å². The van der Waals surface area contributed by atoms with E-state index >= 15 is 0 Å². The molecule has 0 N–H and O–H groups in total. The molecule has 0 bridgehead atoms. The smallest absolute Gasteiger partial charge is 0.0177 e. The Morgan fingerprint density at radius 1 is 1.46 bits per heavy atom. The average molecular weight is 267 g/mol. The summed E-state index contributed by atoms with van der Waals surface area (Å²) < 4.78 is 0. The molecule has 1 rings (SSSR count). The van der Waals surface area contributed by atoms with Crippen LogP contribution in [0.3, 0.4) is 0 Å². The molecule has 0 amide bonds. The topological polar surface area (TPSA) is 3.24 Å². The zero-order valence-electron chi connectivity index (χ0n) is 7.88. The van der Waals surface area contributed by atoms with Crippen LogP contribution in [0.15, 0.2) is 11.6 Å². The van der Waals surface area contributed by atoms with Gasteiger partial charge in [-0.05, 0) is 25.8 Å². The van der Waals surface area contributed by atoms with Crippen LogP contribution in [0.2, 0.25) is 0 Å². The molecule has 0 atom stereocenters. The van der Waals surface area contributed by atoms with Crippen molar-refractivity contribution >= 4 is 27.5 Å². The van der Waals surface area contributed by atoms with Crippen LogP contribution in [-0.4, -0.2) is 29.4 Å². The third-order valence-corrected chi connectivity index (χ3v) is 3.34. The molecule has 0 aliphatic heterocycles. The Hall–Kier alpha value is 0.470. The van der Waals surface area contributed by atoms with Crippen LogP contribution in [0, 0.1) is 0 Å². The number of hydrogen-bond acceptors (Lipinski definition) is 1. The summed E-state index contributed by atoms with van der Waals surface area (Å²) in [5.41, 5.74) is 1.62. The molecule has 0 radical (unpaired) electrons. The summed E-state index contributed by atoms with van der Waals surface area (Å²) in [4.78, 5) is 2.53. The number of hydrogen-bond donors (Lipinski definition) is 0. The molecule has 0 aromatic carbocycles. The summed E-state index contributed by atoms with van der Waals surface area (Å²) >= 11 is 8.99. The maximum Gasteiger partial charge on any atom is 0.0177 e. The van der Waals surface area contributed by atoms with Gasteiger partial charge in [-0.3, -0.25) is 4.90 Å². The van der Waals surface area contributed by atoms with E-state index in [1.807, 2.05) is 6.08 Å². The van der Waals surface area contributed by atoms with Gasteiger partial charge < -0.3 is 0 Å². The quantitative estimate of drug-likeness (QED) is 0.666. The standard InChI is InChI=1S/C10H17BrClN/c11-6-2-8-13(9-3-7-12)10-4-1-5-10/h3,7,10H,1-2,4-6,8-9H2/b7-3+. The van der Waals surface area contributed by atoms with Gasteiger partial charge in [0.2, 0.25) is 0 Å². The van der Waals surface area contributed by atoms with Crippen LogP contribution in [0.25, 0.3) is 0 Å². The minimum atomic E-state index is 0.826. The molecule has 0 unspecified atom stereocenters. The lowest BCUT2D eigenvalue weighted by atomic mass is 9.91. The van der Waals surface area contributed by atoms with Gasteiger partial charge in [0.05, 0.1) is 0 Å². The monoisotopic (exact) mass is 265 g/mol. The molecular formula is C10H17BrClN. The minimum absolute atomic E-state index is 0.826. The van der Waals surface area contributed by atoms with E-state index in [0.717, 1.165) is 17.9 Å². The zero-order valence-corrected chi connectivity index (χ0v) is 10.2. The predicted molar refractivity (Wildman–Crippen MR) is 62.6 cm³/mol. The third-order valence-electron chi connectivity index (χ3n) is 2.60. The van der Waals surface area contributed by atoms with Crippen LogP contribution >= 0.6 is 27.5 Å². The van der Waals surface area contributed by atoms with E-state index in [-0.39, 0.29) is 0 Å². The fourth-order valence-electron chi connectivity index (χ4n) is 1.61. The first-order valence-corrected chi connectivity index (χ1v) is 6.49. The van der Waals surface area contributed by atoms with Crippen molar-refractivity contribution in [3.05, 3.63) is 11.6 Å². The minimum Gasteiger partial charge on any atom is -0.297 e. The molecule has 1 aliphatic rings. The molecule has 0 heterocycles. The molecule has 13 heavy (non-hydrogen) atoms. The second kappa shape index (κ2) is 6.86. The van der Waals surface area contributed by atoms with Gasteiger partial charge in [0.15, 0.2) is 0 Å². The van der Waals surface area contributed by atoms with Gasteiger partial charge in [-0.15, -0.1) is 0 Å². The lowest BCUT2D eigenvalue weighted by molar-refractivity contribution is 0.142. The van der Waals surface area contributed by atoms with Gasteiger partial charge in [0.1, 0.15) is 0 Å². The van der Waals surface area contributed by atoms with Crippen molar-refractivity contribution in [2.45, 2.75) is 31.7 Å². The van der Waals surface area contributed by atoms with Crippen molar-refractivity contribution in [3.8, 4) is 0 Å². The molecule has 1 fully saturated rings. The Bertz CT molecular complexity index is 157. The van der Waals surface area contributed by atoms with Gasteiger partial charge in [-0.2, -0.15) is 0 Å². The van der Waals surface area contributed by atoms with Gasteiger partial charge in [-0.1, -0.05) is 40.0 Å². The fourth-order valence-corrected chi connectivity index (χ4v) is 1.94. The first-order valence-electron chi connectivity index (χ1n) is 4.93. The number of nitrogens with zero attached hydrogens (tertiary/aromatic N) is 1. The predicted octanol–water partition coefficient (Wildman–Crippen LogP) is 3.38. The van der Waals surface area contributed by atoms with E-state index in [0.29, 0.717) is 0 Å². The highest BCUT2D eigenvalue weighted by molar-refractivity contribution is 9.09. The maximum absolute atomic E-state index is 5.53. The van der Waals surface area contributed by atoms with E-state index in [1.54, 1.807) is 5.54 Å². The van der Waals surface area contributed by atoms with E-state index in [2.05, 4.69) is 20.8 Å². The summed E-state index contributed by atoms with van der Waals surface area (Å²) in [5.74, 6) is 0. The molecule has 0 saturated heterocycles. The second-order valence-electron chi connectivity index (χ2n) is 3.48. The summed E-state index contributed by atoms with van der Waals surface area (Å²) in [7, 11) is 0. The SMILES string of the molecule is Cl/C=C/CN(CCCBr)C1CCC1. The number of halogens is 2. The normalized spacial score (nSPS) is 18.4. The summed E-state index contributed by atoms with van der Waals surface area (Å²) in [6.07, 6.45) is 7.41. The highest BCUT2D eigenvalue weighted by Crippen LogP contribution is 2.24. The Balaban J connectivity index is 2.24. The van der Waals surface area contributed by atoms with Crippen LogP contribution in [0.5, 0.6) is 0 Å². The summed E-state index contributed by atoms with van der Waals surface area (Å²) in [5, 5.41) is 1.10. The highest BCUT2D eigenvalue weighted by Gasteiger charge is 2.23. The molecule has 1 saturated carbocycles. The Labute approximate surface area is 94.3 Å². The Morgan fingerprint density at radius 2 is 2.23 bits per heavy atom. The Morgan fingerprint density at radius 3 is 2.69 bits per heavy atom. The van der Waals surface area contributed by atoms with Crippen molar-refractivity contribution in [3.63, 3.8) is 0 Å². The van der Waals surface area contributed by atoms with Crippen molar-refractivity contribution in [2.75, 3.05) is 18.4 Å². The van der Waals surface area contributed by atoms with E-state index < -0.39 is 0 Å². The van der Waals surface area contributed by atoms with Crippen molar-refractivity contribution in [1.29, 1.82) is 0 Å². The van der Waals surface area contributed by atoms with Crippen LogP contribution in [0.4, 0.5) is 0 Å². The average Bonchev–Trinajstić information content (AvgIpc) is 2.06.